The maximum absolute atomic E-state index is 4.52. The van der Waals surface area contributed by atoms with E-state index >= 15 is 0 Å². The van der Waals surface area contributed by atoms with Crippen LogP contribution in [0, 0.1) is 6.92 Å². The van der Waals surface area contributed by atoms with Crippen LogP contribution < -0.4 is 5.32 Å². The molecule has 0 aromatic carbocycles. The standard InChI is InChI=1S/C14H21N5/c1-4-15-13(14-8-9-16-11(2)18-14)6-5-12-7-10-17-19(12)3/h7-10,13,15H,4-6H2,1-3H3. The van der Waals surface area contributed by atoms with Gasteiger partial charge in [-0.25, -0.2) is 9.97 Å². The van der Waals surface area contributed by atoms with Gasteiger partial charge in [0.25, 0.3) is 0 Å². The average molecular weight is 259 g/mol. The Labute approximate surface area is 114 Å². The number of aryl methyl sites for hydroxylation is 3. The summed E-state index contributed by atoms with van der Waals surface area (Å²) in [7, 11) is 1.98. The third kappa shape index (κ3) is 3.61. The highest BCUT2D eigenvalue weighted by molar-refractivity contribution is 5.09. The van der Waals surface area contributed by atoms with Crippen LogP contribution in [0.5, 0.6) is 0 Å². The zero-order chi connectivity index (χ0) is 13.7. The van der Waals surface area contributed by atoms with E-state index in [1.807, 2.05) is 37.1 Å². The molecule has 102 valence electrons. The maximum Gasteiger partial charge on any atom is 0.125 e. The van der Waals surface area contributed by atoms with E-state index in [0.29, 0.717) is 0 Å². The fourth-order valence-electron chi connectivity index (χ4n) is 2.21. The smallest absolute Gasteiger partial charge is 0.125 e. The predicted molar refractivity (Wildman–Crippen MR) is 74.7 cm³/mol. The normalized spacial score (nSPS) is 12.6. The fourth-order valence-corrected chi connectivity index (χ4v) is 2.21. The van der Waals surface area contributed by atoms with E-state index in [-0.39, 0.29) is 6.04 Å². The lowest BCUT2D eigenvalue weighted by Gasteiger charge is -2.17. The molecule has 5 heteroatoms. The van der Waals surface area contributed by atoms with Crippen LogP contribution in [-0.4, -0.2) is 26.3 Å². The lowest BCUT2D eigenvalue weighted by Crippen LogP contribution is -2.23. The largest absolute Gasteiger partial charge is 0.309 e. The summed E-state index contributed by atoms with van der Waals surface area (Å²) in [6.07, 6.45) is 5.65. The average Bonchev–Trinajstić information content (AvgIpc) is 2.80. The Morgan fingerprint density at radius 1 is 1.32 bits per heavy atom. The summed E-state index contributed by atoms with van der Waals surface area (Å²) in [5, 5.41) is 7.69. The molecule has 0 saturated heterocycles. The van der Waals surface area contributed by atoms with Gasteiger partial charge in [-0.05, 0) is 38.4 Å². The Balaban J connectivity index is 2.06. The Morgan fingerprint density at radius 2 is 2.16 bits per heavy atom. The first-order valence-corrected chi connectivity index (χ1v) is 6.70. The van der Waals surface area contributed by atoms with E-state index < -0.39 is 0 Å². The van der Waals surface area contributed by atoms with Gasteiger partial charge >= 0.3 is 0 Å². The Bertz CT molecular complexity index is 520. The fraction of sp³-hybridized carbons (Fsp3) is 0.500. The van der Waals surface area contributed by atoms with Gasteiger partial charge in [-0.1, -0.05) is 6.92 Å². The quantitative estimate of drug-likeness (QED) is 0.859. The van der Waals surface area contributed by atoms with E-state index in [4.69, 9.17) is 0 Å². The molecule has 2 aromatic rings. The van der Waals surface area contributed by atoms with Crippen molar-refractivity contribution in [2.24, 2.45) is 7.05 Å². The number of aromatic nitrogens is 4. The van der Waals surface area contributed by atoms with Gasteiger partial charge in [-0.3, -0.25) is 4.68 Å². The van der Waals surface area contributed by atoms with Crippen LogP contribution in [0.3, 0.4) is 0 Å². The number of nitrogens with one attached hydrogen (secondary N) is 1. The minimum atomic E-state index is 0.265. The van der Waals surface area contributed by atoms with Crippen molar-refractivity contribution in [1.29, 1.82) is 0 Å². The molecule has 0 fully saturated rings. The van der Waals surface area contributed by atoms with Crippen LogP contribution in [0.15, 0.2) is 24.5 Å². The van der Waals surface area contributed by atoms with Gasteiger partial charge in [0.1, 0.15) is 5.82 Å². The molecule has 0 amide bonds. The molecule has 5 nitrogen and oxygen atoms in total. The molecular formula is C14H21N5. The van der Waals surface area contributed by atoms with Crippen molar-refractivity contribution in [3.63, 3.8) is 0 Å². The Hall–Kier alpha value is -1.75. The topological polar surface area (TPSA) is 55.6 Å². The predicted octanol–water partition coefficient (Wildman–Crippen LogP) is 1.80. The lowest BCUT2D eigenvalue weighted by molar-refractivity contribution is 0.493. The summed E-state index contributed by atoms with van der Waals surface area (Å²) in [6.45, 7) is 4.97. The van der Waals surface area contributed by atoms with Crippen molar-refractivity contribution < 1.29 is 0 Å². The van der Waals surface area contributed by atoms with E-state index in [1.54, 1.807) is 0 Å². The first-order valence-electron chi connectivity index (χ1n) is 6.70. The van der Waals surface area contributed by atoms with Crippen molar-refractivity contribution >= 4 is 0 Å². The van der Waals surface area contributed by atoms with E-state index in [9.17, 15) is 0 Å². The molecule has 2 rings (SSSR count). The molecule has 0 bridgehead atoms. The monoisotopic (exact) mass is 259 g/mol. The molecule has 19 heavy (non-hydrogen) atoms. The number of hydrogen-bond acceptors (Lipinski definition) is 4. The first kappa shape index (κ1) is 13.7. The van der Waals surface area contributed by atoms with Crippen LogP contribution in [0.4, 0.5) is 0 Å². The summed E-state index contributed by atoms with van der Waals surface area (Å²) in [5.74, 6) is 0.820. The van der Waals surface area contributed by atoms with Crippen LogP contribution in [0.1, 0.15) is 36.6 Å². The van der Waals surface area contributed by atoms with Crippen LogP contribution in [0.2, 0.25) is 0 Å². The number of nitrogens with zero attached hydrogens (tertiary/aromatic N) is 4. The molecule has 1 atom stereocenters. The van der Waals surface area contributed by atoms with Gasteiger partial charge in [0.15, 0.2) is 0 Å². The van der Waals surface area contributed by atoms with E-state index in [2.05, 4.69) is 33.4 Å². The second-order valence-electron chi connectivity index (χ2n) is 4.62. The summed E-state index contributed by atoms with van der Waals surface area (Å²) >= 11 is 0. The number of hydrogen-bond donors (Lipinski definition) is 1. The summed E-state index contributed by atoms with van der Waals surface area (Å²) in [6, 6.07) is 4.32. The third-order valence-corrected chi connectivity index (χ3v) is 3.22. The molecule has 2 aromatic heterocycles. The molecular weight excluding hydrogens is 238 g/mol. The molecule has 1 unspecified atom stereocenters. The molecule has 0 saturated carbocycles. The van der Waals surface area contributed by atoms with Gasteiger partial charge in [0.2, 0.25) is 0 Å². The van der Waals surface area contributed by atoms with Crippen molar-refractivity contribution in [1.82, 2.24) is 25.1 Å². The highest BCUT2D eigenvalue weighted by atomic mass is 15.2. The first-order chi connectivity index (χ1) is 9.20. The van der Waals surface area contributed by atoms with Crippen LogP contribution in [-0.2, 0) is 13.5 Å². The highest BCUT2D eigenvalue weighted by Gasteiger charge is 2.13. The molecule has 1 N–H and O–H groups in total. The van der Waals surface area contributed by atoms with Crippen molar-refractivity contribution in [3.05, 3.63) is 41.7 Å². The SMILES string of the molecule is CCNC(CCc1ccnn1C)c1ccnc(C)n1. The van der Waals surface area contributed by atoms with Crippen molar-refractivity contribution in [3.8, 4) is 0 Å². The van der Waals surface area contributed by atoms with Crippen molar-refractivity contribution in [2.45, 2.75) is 32.7 Å². The summed E-state index contributed by atoms with van der Waals surface area (Å²) in [5.41, 5.74) is 2.31. The maximum atomic E-state index is 4.52. The molecule has 0 radical (unpaired) electrons. The summed E-state index contributed by atoms with van der Waals surface area (Å²) < 4.78 is 1.92. The van der Waals surface area contributed by atoms with Gasteiger partial charge in [0, 0.05) is 31.2 Å². The number of rotatable bonds is 6. The van der Waals surface area contributed by atoms with Gasteiger partial charge < -0.3 is 5.32 Å². The second kappa shape index (κ2) is 6.43. The Kier molecular flexibility index (Phi) is 4.63. The van der Waals surface area contributed by atoms with Crippen LogP contribution in [0.25, 0.3) is 0 Å². The minimum absolute atomic E-state index is 0.265. The summed E-state index contributed by atoms with van der Waals surface area (Å²) in [4.78, 5) is 8.67. The second-order valence-corrected chi connectivity index (χ2v) is 4.62. The third-order valence-electron chi connectivity index (χ3n) is 3.22. The zero-order valence-corrected chi connectivity index (χ0v) is 11.8. The minimum Gasteiger partial charge on any atom is -0.309 e. The van der Waals surface area contributed by atoms with E-state index in [1.165, 1.54) is 5.69 Å². The molecule has 0 spiro atoms. The van der Waals surface area contributed by atoms with E-state index in [0.717, 1.165) is 30.9 Å². The van der Waals surface area contributed by atoms with Crippen molar-refractivity contribution in [2.75, 3.05) is 6.54 Å². The molecule has 0 aliphatic rings. The lowest BCUT2D eigenvalue weighted by atomic mass is 10.1. The molecule has 0 aliphatic heterocycles. The molecule has 0 aliphatic carbocycles. The van der Waals surface area contributed by atoms with Gasteiger partial charge in [0.05, 0.1) is 5.69 Å². The van der Waals surface area contributed by atoms with Crippen LogP contribution >= 0.6 is 0 Å². The molecule has 2 heterocycles. The van der Waals surface area contributed by atoms with Gasteiger partial charge in [-0.2, -0.15) is 5.10 Å². The zero-order valence-electron chi connectivity index (χ0n) is 11.8. The Morgan fingerprint density at radius 3 is 2.79 bits per heavy atom. The highest BCUT2D eigenvalue weighted by Crippen LogP contribution is 2.17. The van der Waals surface area contributed by atoms with Gasteiger partial charge in [-0.15, -0.1) is 0 Å².